The monoisotopic (exact) mass is 281 g/mol. The highest BCUT2D eigenvalue weighted by atomic mass is 35.5. The second-order valence-corrected chi connectivity index (χ2v) is 5.67. The third-order valence-corrected chi connectivity index (χ3v) is 4.28. The second-order valence-electron chi connectivity index (χ2n) is 5.26. The van der Waals surface area contributed by atoms with Crippen molar-refractivity contribution in [1.29, 1.82) is 0 Å². The molecule has 1 saturated heterocycles. The van der Waals surface area contributed by atoms with Crippen LogP contribution in [0.4, 0.5) is 5.69 Å². The number of amides is 1. The number of carbonyl (C=O) groups is 1. The molecule has 1 aliphatic rings. The topological polar surface area (TPSA) is 72.4 Å². The van der Waals surface area contributed by atoms with Crippen molar-refractivity contribution in [2.24, 2.45) is 11.7 Å². The quantitative estimate of drug-likeness (QED) is 0.833. The van der Waals surface area contributed by atoms with Crippen molar-refractivity contribution >= 4 is 23.2 Å². The Morgan fingerprint density at radius 3 is 2.84 bits per heavy atom. The first-order chi connectivity index (χ1) is 8.99. The molecule has 4 N–H and O–H groups in total. The normalized spacial score (nSPS) is 24.3. The van der Waals surface area contributed by atoms with Crippen molar-refractivity contribution in [1.82, 2.24) is 4.90 Å². The van der Waals surface area contributed by atoms with Gasteiger partial charge in [0.05, 0.1) is 5.92 Å². The predicted octanol–water partition coefficient (Wildman–Crippen LogP) is 2.01. The van der Waals surface area contributed by atoms with E-state index in [1.165, 1.54) is 0 Å². The summed E-state index contributed by atoms with van der Waals surface area (Å²) in [5, 5.41) is 0.674. The first-order valence-electron chi connectivity index (χ1n) is 6.55. The van der Waals surface area contributed by atoms with E-state index in [0.29, 0.717) is 29.8 Å². The van der Waals surface area contributed by atoms with Gasteiger partial charge in [0.1, 0.15) is 0 Å². The van der Waals surface area contributed by atoms with Gasteiger partial charge in [-0.3, -0.25) is 9.69 Å². The first kappa shape index (κ1) is 14.2. The second kappa shape index (κ2) is 5.80. The van der Waals surface area contributed by atoms with Crippen molar-refractivity contribution in [3.63, 3.8) is 0 Å². The Labute approximate surface area is 118 Å². The molecule has 19 heavy (non-hydrogen) atoms. The predicted molar refractivity (Wildman–Crippen MR) is 77.7 cm³/mol. The molecule has 1 amide bonds. The van der Waals surface area contributed by atoms with E-state index in [1.807, 2.05) is 18.2 Å². The molecular weight excluding hydrogens is 262 g/mol. The molecule has 1 aromatic carbocycles. The third-order valence-electron chi connectivity index (χ3n) is 3.93. The van der Waals surface area contributed by atoms with Gasteiger partial charge in [0, 0.05) is 35.4 Å². The molecule has 2 atom stereocenters. The van der Waals surface area contributed by atoms with E-state index in [1.54, 1.807) is 0 Å². The molecule has 0 aliphatic carbocycles. The summed E-state index contributed by atoms with van der Waals surface area (Å²) >= 11 is 6.20. The van der Waals surface area contributed by atoms with Gasteiger partial charge in [0.2, 0.25) is 5.91 Å². The highest BCUT2D eigenvalue weighted by Gasteiger charge is 2.29. The van der Waals surface area contributed by atoms with Gasteiger partial charge in [0.25, 0.3) is 0 Å². The fourth-order valence-electron chi connectivity index (χ4n) is 2.58. The van der Waals surface area contributed by atoms with Gasteiger partial charge < -0.3 is 11.5 Å². The number of nitrogens with two attached hydrogens (primary N) is 2. The molecule has 1 aromatic rings. The maximum atomic E-state index is 11.3. The van der Waals surface area contributed by atoms with Crippen molar-refractivity contribution in [3.05, 3.63) is 28.8 Å². The molecule has 2 unspecified atom stereocenters. The third kappa shape index (κ3) is 3.19. The summed E-state index contributed by atoms with van der Waals surface area (Å²) in [4.78, 5) is 13.6. The number of hydrogen-bond acceptors (Lipinski definition) is 3. The van der Waals surface area contributed by atoms with Gasteiger partial charge in [0.15, 0.2) is 0 Å². The highest BCUT2D eigenvalue weighted by molar-refractivity contribution is 6.31. The van der Waals surface area contributed by atoms with Crippen LogP contribution >= 0.6 is 11.6 Å². The minimum absolute atomic E-state index is 0.0695. The average Bonchev–Trinajstić information content (AvgIpc) is 2.35. The summed E-state index contributed by atoms with van der Waals surface area (Å²) in [7, 11) is 0. The number of hydrogen-bond donors (Lipinski definition) is 2. The van der Waals surface area contributed by atoms with Crippen molar-refractivity contribution in [3.8, 4) is 0 Å². The standard InChI is InChI=1S/C14H20ClN3O/c1-9-5-6-10(14(17)19)7-18(9)8-11-12(15)3-2-4-13(11)16/h2-4,9-10H,5-8,16H2,1H3,(H2,17,19). The van der Waals surface area contributed by atoms with Crippen LogP contribution in [0, 0.1) is 5.92 Å². The largest absolute Gasteiger partial charge is 0.398 e. The van der Waals surface area contributed by atoms with Crippen molar-refractivity contribution in [2.45, 2.75) is 32.4 Å². The number of benzene rings is 1. The zero-order valence-corrected chi connectivity index (χ0v) is 11.9. The number of likely N-dealkylation sites (tertiary alicyclic amines) is 1. The molecule has 0 bridgehead atoms. The Morgan fingerprint density at radius 2 is 2.21 bits per heavy atom. The zero-order chi connectivity index (χ0) is 14.0. The smallest absolute Gasteiger partial charge is 0.221 e. The summed E-state index contributed by atoms with van der Waals surface area (Å²) in [6.07, 6.45) is 1.84. The SMILES string of the molecule is CC1CCC(C(N)=O)CN1Cc1c(N)cccc1Cl. The van der Waals surface area contributed by atoms with Crippen LogP contribution < -0.4 is 11.5 Å². The summed E-state index contributed by atoms with van der Waals surface area (Å²) in [6.45, 7) is 3.50. The Morgan fingerprint density at radius 1 is 1.47 bits per heavy atom. The molecule has 2 rings (SSSR count). The van der Waals surface area contributed by atoms with E-state index in [2.05, 4.69) is 11.8 Å². The number of nitrogens with zero attached hydrogens (tertiary/aromatic N) is 1. The highest BCUT2D eigenvalue weighted by Crippen LogP contribution is 2.28. The molecule has 104 valence electrons. The van der Waals surface area contributed by atoms with Gasteiger partial charge >= 0.3 is 0 Å². The number of nitrogen functional groups attached to an aromatic ring is 1. The van der Waals surface area contributed by atoms with Crippen LogP contribution in [0.15, 0.2) is 18.2 Å². The number of halogens is 1. The number of carbonyl (C=O) groups excluding carboxylic acids is 1. The van der Waals surface area contributed by atoms with Gasteiger partial charge in [-0.2, -0.15) is 0 Å². The molecule has 0 spiro atoms. The fraction of sp³-hybridized carbons (Fsp3) is 0.500. The molecule has 1 aliphatic heterocycles. The lowest BCUT2D eigenvalue weighted by Crippen LogP contribution is -2.45. The van der Waals surface area contributed by atoms with Crippen LogP contribution in [-0.2, 0) is 11.3 Å². The number of piperidine rings is 1. The Balaban J connectivity index is 2.14. The molecule has 1 heterocycles. The van der Waals surface area contributed by atoms with Crippen molar-refractivity contribution in [2.75, 3.05) is 12.3 Å². The molecule has 5 heteroatoms. The Bertz CT molecular complexity index is 458. The maximum absolute atomic E-state index is 11.3. The fourth-order valence-corrected chi connectivity index (χ4v) is 2.82. The van der Waals surface area contributed by atoms with E-state index in [-0.39, 0.29) is 11.8 Å². The minimum atomic E-state index is -0.218. The van der Waals surface area contributed by atoms with Gasteiger partial charge in [-0.1, -0.05) is 17.7 Å². The summed E-state index contributed by atoms with van der Waals surface area (Å²) < 4.78 is 0. The van der Waals surface area contributed by atoms with Crippen LogP contribution in [0.25, 0.3) is 0 Å². The molecule has 1 fully saturated rings. The van der Waals surface area contributed by atoms with Crippen LogP contribution in [0.1, 0.15) is 25.3 Å². The number of primary amides is 1. The number of rotatable bonds is 3. The van der Waals surface area contributed by atoms with E-state index in [9.17, 15) is 4.79 Å². The van der Waals surface area contributed by atoms with Crippen LogP contribution in [0.5, 0.6) is 0 Å². The van der Waals surface area contributed by atoms with E-state index in [0.717, 1.165) is 18.4 Å². The average molecular weight is 282 g/mol. The van der Waals surface area contributed by atoms with Crippen LogP contribution in [0.3, 0.4) is 0 Å². The molecule has 0 saturated carbocycles. The summed E-state index contributed by atoms with van der Waals surface area (Å²) in [5.74, 6) is -0.288. The van der Waals surface area contributed by atoms with Crippen LogP contribution in [0.2, 0.25) is 5.02 Å². The lowest BCUT2D eigenvalue weighted by Gasteiger charge is -2.37. The number of anilines is 1. The lowest BCUT2D eigenvalue weighted by atomic mass is 9.92. The Kier molecular flexibility index (Phi) is 4.32. The molecule has 0 radical (unpaired) electrons. The Hall–Kier alpha value is -1.26. The molecule has 0 aromatic heterocycles. The van der Waals surface area contributed by atoms with Gasteiger partial charge in [-0.25, -0.2) is 0 Å². The van der Waals surface area contributed by atoms with E-state index >= 15 is 0 Å². The first-order valence-corrected chi connectivity index (χ1v) is 6.93. The van der Waals surface area contributed by atoms with Gasteiger partial charge in [-0.15, -0.1) is 0 Å². The van der Waals surface area contributed by atoms with E-state index < -0.39 is 0 Å². The minimum Gasteiger partial charge on any atom is -0.398 e. The lowest BCUT2D eigenvalue weighted by molar-refractivity contribution is -0.124. The van der Waals surface area contributed by atoms with Gasteiger partial charge in [-0.05, 0) is 31.9 Å². The summed E-state index contributed by atoms with van der Waals surface area (Å²) in [5.41, 5.74) is 13.0. The van der Waals surface area contributed by atoms with Crippen LogP contribution in [-0.4, -0.2) is 23.4 Å². The molecular formula is C14H20ClN3O. The maximum Gasteiger partial charge on any atom is 0.221 e. The molecule has 4 nitrogen and oxygen atoms in total. The van der Waals surface area contributed by atoms with E-state index in [4.69, 9.17) is 23.1 Å². The van der Waals surface area contributed by atoms with Crippen molar-refractivity contribution < 1.29 is 4.79 Å². The summed E-state index contributed by atoms with van der Waals surface area (Å²) in [6, 6.07) is 5.94. The zero-order valence-electron chi connectivity index (χ0n) is 11.1.